The van der Waals surface area contributed by atoms with E-state index in [9.17, 15) is 23.3 Å². The fourth-order valence-electron chi connectivity index (χ4n) is 9.32. The van der Waals surface area contributed by atoms with E-state index >= 15 is 0 Å². The number of halogens is 1. The fourth-order valence-corrected chi connectivity index (χ4v) is 12.2. The second-order valence-corrected chi connectivity index (χ2v) is 25.5. The number of nitro benzene ring substituents is 1. The van der Waals surface area contributed by atoms with Crippen molar-refractivity contribution in [1.29, 1.82) is 0 Å². The number of amides is 1. The minimum Gasteiger partial charge on any atom is -0.455 e. The maximum absolute atomic E-state index is 14.0. The molecule has 65 heavy (non-hydrogen) atoms. The summed E-state index contributed by atoms with van der Waals surface area (Å²) < 4.78 is 36.2. The number of nitro groups is 1. The molecule has 1 atom stereocenters. The Morgan fingerprint density at radius 3 is 2.48 bits per heavy atom. The molecule has 3 aromatic carbocycles. The zero-order valence-corrected chi connectivity index (χ0v) is 40.2. The monoisotopic (exact) mass is 939 g/mol. The third-order valence-corrected chi connectivity index (χ3v) is 17.3. The van der Waals surface area contributed by atoms with Crippen LogP contribution in [0.3, 0.4) is 0 Å². The largest absolute Gasteiger partial charge is 0.455 e. The van der Waals surface area contributed by atoms with Gasteiger partial charge in [0.25, 0.3) is 21.6 Å². The molecule has 13 nitrogen and oxygen atoms in total. The van der Waals surface area contributed by atoms with Crippen LogP contribution in [0.2, 0.25) is 5.02 Å². The van der Waals surface area contributed by atoms with Crippen LogP contribution in [0.1, 0.15) is 61.5 Å². The van der Waals surface area contributed by atoms with E-state index in [-0.39, 0.29) is 33.2 Å². The first kappa shape index (κ1) is 46.5. The summed E-state index contributed by atoms with van der Waals surface area (Å²) in [6, 6.07) is 20.8. The maximum atomic E-state index is 14.0. The Hall–Kier alpha value is -4.98. The molecule has 2 saturated heterocycles. The molecule has 2 fully saturated rings. The number of fused-ring (bicyclic) bond motifs is 1. The van der Waals surface area contributed by atoms with Crippen molar-refractivity contribution in [3.05, 3.63) is 123 Å². The van der Waals surface area contributed by atoms with E-state index in [0.717, 1.165) is 106 Å². The SMILES string of the molecule is C=P1(C)CCN(C[C@H](C)Cc2ccc(S(=O)(=O)NC(=O)c3ccc(N4CCN(CC5=C(c6ccc(Cl)cc6)CC(C)(C)CC5)CC4)cc3Oc3cnc4[nH]ccc4c3)cc2[N+](=O)[O-])CC1. The molecule has 2 aromatic heterocycles. The predicted molar refractivity (Wildman–Crippen MR) is 264 cm³/mol. The van der Waals surface area contributed by atoms with E-state index in [1.807, 2.05) is 18.2 Å². The van der Waals surface area contributed by atoms with Crippen molar-refractivity contribution in [3.63, 3.8) is 0 Å². The molecular weight excluding hydrogens is 881 g/mol. The number of nitrogens with one attached hydrogen (secondary N) is 2. The van der Waals surface area contributed by atoms with Gasteiger partial charge in [-0.3, -0.25) is 19.8 Å². The van der Waals surface area contributed by atoms with Gasteiger partial charge in [0.1, 0.15) is 17.1 Å². The Morgan fingerprint density at radius 2 is 1.75 bits per heavy atom. The van der Waals surface area contributed by atoms with Crippen molar-refractivity contribution in [3.8, 4) is 11.5 Å². The van der Waals surface area contributed by atoms with E-state index in [2.05, 4.69) is 75.3 Å². The van der Waals surface area contributed by atoms with E-state index in [4.69, 9.17) is 16.3 Å². The zero-order valence-electron chi connectivity index (χ0n) is 37.7. The maximum Gasteiger partial charge on any atom is 0.273 e. The van der Waals surface area contributed by atoms with Gasteiger partial charge in [-0.05, 0) is 110 Å². The van der Waals surface area contributed by atoms with Gasteiger partial charge in [0.15, 0.2) is 0 Å². The van der Waals surface area contributed by atoms with Crippen LogP contribution >= 0.6 is 18.5 Å². The van der Waals surface area contributed by atoms with E-state index < -0.39 is 27.7 Å². The number of H-pyrrole nitrogens is 1. The summed E-state index contributed by atoms with van der Waals surface area (Å²) in [4.78, 5) is 40.0. The van der Waals surface area contributed by atoms with Gasteiger partial charge in [0.05, 0.1) is 21.6 Å². The van der Waals surface area contributed by atoms with Gasteiger partial charge in [-0.25, -0.2) is 18.1 Å². The Kier molecular flexibility index (Phi) is 13.7. The number of benzene rings is 3. The topological polar surface area (TPSA) is 154 Å². The van der Waals surface area contributed by atoms with Crippen LogP contribution in [0, 0.1) is 21.4 Å². The standard InChI is InChI=1S/C49H59ClN7O6PS/c1-34(32-55-22-24-64(4,5)25-23-55)26-36-8-12-42(29-45(36)57(59)60)65(61,62)53-48(58)43-13-11-40(28-46(43)63-41-27-37-15-17-51-47(37)52-31-41)56-20-18-54(19-21-56)33-38-14-16-49(2,3)30-44(38)35-6-9-39(50)10-7-35/h6-13,15,17,27-29,31,34H,4,14,16,18-26,30,32-33H2,1-3,5H3,(H,51,52)(H,53,58)/t34-/m1/s1. The number of anilines is 1. The highest BCUT2D eigenvalue weighted by atomic mass is 35.5. The highest BCUT2D eigenvalue weighted by Crippen LogP contribution is 2.44. The van der Waals surface area contributed by atoms with E-state index in [0.29, 0.717) is 23.4 Å². The molecule has 0 radical (unpaired) electrons. The minimum atomic E-state index is -4.55. The van der Waals surface area contributed by atoms with Gasteiger partial charge in [-0.15, -0.1) is 13.2 Å². The number of hydrogen-bond donors (Lipinski definition) is 2. The molecule has 16 heteroatoms. The van der Waals surface area contributed by atoms with Crippen LogP contribution in [-0.4, -0.2) is 117 Å². The molecule has 0 unspecified atom stereocenters. The number of carbonyl (C=O) groups is 1. The van der Waals surface area contributed by atoms with Crippen molar-refractivity contribution in [1.82, 2.24) is 24.5 Å². The van der Waals surface area contributed by atoms with Crippen LogP contribution in [0.5, 0.6) is 11.5 Å². The molecule has 0 bridgehead atoms. The molecule has 8 rings (SSSR count). The molecule has 0 saturated carbocycles. The molecule has 1 amide bonds. The average molecular weight is 941 g/mol. The molecule has 2 N–H and O–H groups in total. The molecule has 1 aliphatic carbocycles. The van der Waals surface area contributed by atoms with Crippen LogP contribution in [0.25, 0.3) is 16.6 Å². The highest BCUT2D eigenvalue weighted by molar-refractivity contribution is 7.90. The third kappa shape index (κ3) is 11.4. The molecule has 0 spiro atoms. The molecule has 2 aliphatic heterocycles. The second kappa shape index (κ2) is 19.1. The van der Waals surface area contributed by atoms with Gasteiger partial charge in [-0.2, -0.15) is 0 Å². The molecule has 5 aromatic rings. The van der Waals surface area contributed by atoms with Crippen LogP contribution in [-0.2, 0) is 16.4 Å². The lowest BCUT2D eigenvalue weighted by molar-refractivity contribution is -0.385. The number of sulfonamides is 1. The third-order valence-electron chi connectivity index (χ3n) is 13.2. The normalized spacial score (nSPS) is 18.7. The van der Waals surface area contributed by atoms with Crippen LogP contribution < -0.4 is 14.4 Å². The van der Waals surface area contributed by atoms with E-state index in [1.165, 1.54) is 35.0 Å². The van der Waals surface area contributed by atoms with Crippen LogP contribution in [0.15, 0.2) is 95.7 Å². The first-order valence-electron chi connectivity index (χ1n) is 22.4. The first-order chi connectivity index (χ1) is 30.9. The van der Waals surface area contributed by atoms with Gasteiger partial charge in [-0.1, -0.05) is 56.1 Å². The number of aromatic amines is 1. The number of aromatic nitrogens is 2. The summed E-state index contributed by atoms with van der Waals surface area (Å²) in [6.45, 7) is 14.6. The summed E-state index contributed by atoms with van der Waals surface area (Å²) in [7, 11) is -4.55. The summed E-state index contributed by atoms with van der Waals surface area (Å²) >= 11 is 6.25. The Balaban J connectivity index is 0.988. The quantitative estimate of drug-likeness (QED) is 0.0626. The fraction of sp³-hybridized carbons (Fsp3) is 0.408. The Morgan fingerprint density at radius 1 is 1.02 bits per heavy atom. The lowest BCUT2D eigenvalue weighted by Crippen LogP contribution is -2.47. The first-order valence-corrected chi connectivity index (χ1v) is 27.0. The van der Waals surface area contributed by atoms with Gasteiger partial charge in [0, 0.05) is 92.3 Å². The Labute approximate surface area is 387 Å². The number of pyridine rings is 1. The number of allylic oxidation sites excluding steroid dienone is 1. The van der Waals surface area contributed by atoms with Gasteiger partial charge >= 0.3 is 0 Å². The van der Waals surface area contributed by atoms with Crippen molar-refractivity contribution in [2.45, 2.75) is 51.3 Å². The summed E-state index contributed by atoms with van der Waals surface area (Å²) in [5.74, 6) is -0.333. The molecule has 344 valence electrons. The van der Waals surface area contributed by atoms with Crippen LogP contribution in [0.4, 0.5) is 11.4 Å². The Bertz CT molecular complexity index is 2770. The minimum absolute atomic E-state index is 0.0222. The lowest BCUT2D eigenvalue weighted by atomic mass is 9.72. The average Bonchev–Trinajstić information content (AvgIpc) is 3.73. The smallest absolute Gasteiger partial charge is 0.273 e. The summed E-state index contributed by atoms with van der Waals surface area (Å²) in [5, 5.41) is 13.8. The predicted octanol–water partition coefficient (Wildman–Crippen LogP) is 9.40. The highest BCUT2D eigenvalue weighted by Gasteiger charge is 2.31. The van der Waals surface area contributed by atoms with Crippen molar-refractivity contribution in [2.75, 3.05) is 76.2 Å². The van der Waals surface area contributed by atoms with Crippen molar-refractivity contribution < 1.29 is 22.9 Å². The van der Waals surface area contributed by atoms with E-state index in [1.54, 1.807) is 30.5 Å². The van der Waals surface area contributed by atoms with Crippen molar-refractivity contribution in [2.24, 2.45) is 11.3 Å². The number of carbonyl (C=O) groups excluding carboxylic acids is 1. The second-order valence-electron chi connectivity index (χ2n) is 19.2. The van der Waals surface area contributed by atoms with Gasteiger partial charge in [0.2, 0.25) is 0 Å². The number of rotatable bonds is 14. The summed E-state index contributed by atoms with van der Waals surface area (Å²) in [5.41, 5.74) is 5.95. The lowest BCUT2D eigenvalue weighted by Gasteiger charge is -2.39. The van der Waals surface area contributed by atoms with Gasteiger partial charge < -0.3 is 19.5 Å². The number of nitrogens with zero attached hydrogens (tertiary/aromatic N) is 5. The molecule has 3 aliphatic rings. The molecule has 4 heterocycles. The number of hydrogen-bond acceptors (Lipinski definition) is 10. The number of ether oxygens (including phenoxy) is 1. The summed E-state index contributed by atoms with van der Waals surface area (Å²) in [6.07, 6.45) is 13.5. The van der Waals surface area contributed by atoms with Crippen molar-refractivity contribution >= 4 is 68.7 Å². The zero-order chi connectivity index (χ0) is 46.1. The number of piperazine rings is 1. The molecular formula is C49H59ClN7O6PS.